The number of aliphatic imine (C=N–C) groups is 1. The number of nitrogens with zero attached hydrogens (tertiary/aromatic N) is 1. The Hall–Kier alpha value is -2.53. The zero-order valence-corrected chi connectivity index (χ0v) is 15.5. The molecule has 168 valence electrons. The number of aliphatic hydroxyl groups is 1. The molecule has 0 atom stereocenters. The van der Waals surface area contributed by atoms with Crippen LogP contribution in [0.15, 0.2) is 35.0 Å². The molecule has 1 N–H and O–H groups in total. The first-order valence-electron chi connectivity index (χ1n) is 6.95. The Morgan fingerprint density at radius 2 is 1.33 bits per heavy atom. The summed E-state index contributed by atoms with van der Waals surface area (Å²) >= 11 is 0. The molecule has 1 heterocycles. The van der Waals surface area contributed by atoms with Gasteiger partial charge in [0.2, 0.25) is 0 Å². The number of carbonyl (C=O) groups is 1. The highest BCUT2D eigenvalue weighted by Crippen LogP contribution is 2.32. The molecule has 0 radical (unpaired) electrons. The van der Waals surface area contributed by atoms with Gasteiger partial charge in [-0.2, -0.15) is 43.2 Å². The summed E-state index contributed by atoms with van der Waals surface area (Å²) in [6.07, 6.45) is 1.24. The van der Waals surface area contributed by atoms with Crippen molar-refractivity contribution in [2.45, 2.75) is 11.0 Å². The normalized spacial score (nSPS) is 15.6. The number of carbonyl (C=O) groups excluding carboxylic acids is 1. The minimum Gasteiger partial charge on any atom is -0.506 e. The van der Waals surface area contributed by atoms with E-state index in [0.717, 1.165) is 0 Å². The zero-order chi connectivity index (χ0) is 23.5. The monoisotopic (exact) mass is 487 g/mol. The van der Waals surface area contributed by atoms with Gasteiger partial charge >= 0.3 is 31.3 Å². The molecule has 0 bridgehead atoms. The number of rotatable bonds is 3. The molecule has 17 heteroatoms. The van der Waals surface area contributed by atoms with E-state index in [1.54, 1.807) is 0 Å². The molecule has 1 aromatic rings. The Bertz CT molecular complexity index is 1030. The molecule has 0 fully saturated rings. The first kappa shape index (κ1) is 25.5. The minimum absolute atomic E-state index is 0.0246. The van der Waals surface area contributed by atoms with Crippen molar-refractivity contribution in [3.05, 3.63) is 41.4 Å². The second kappa shape index (κ2) is 8.68. The molecule has 2 rings (SSSR count). The summed E-state index contributed by atoms with van der Waals surface area (Å²) in [5.74, 6) is -0.810. The lowest BCUT2D eigenvalue weighted by molar-refractivity contribution is -0.112. The largest absolute Gasteiger partial charge is 0.524 e. The molecule has 1 aromatic carbocycles. The van der Waals surface area contributed by atoms with Crippen LogP contribution in [0, 0.1) is 5.82 Å². The summed E-state index contributed by atoms with van der Waals surface area (Å²) in [6.45, 7) is 0.0246. The van der Waals surface area contributed by atoms with Crippen molar-refractivity contribution in [1.29, 1.82) is 0 Å². The van der Waals surface area contributed by atoms with Crippen LogP contribution >= 0.6 is 0 Å². The van der Waals surface area contributed by atoms with Gasteiger partial charge in [-0.05, 0) is 17.7 Å². The van der Waals surface area contributed by atoms with Gasteiger partial charge in [-0.3, -0.25) is 9.79 Å². The van der Waals surface area contributed by atoms with Crippen LogP contribution in [0.4, 0.5) is 30.7 Å². The standard InChI is InChI=1S/C11H8FNO2.C2F6O5S2/c12-8-3-1-7(2-4-8)11-9(14)5-13-6-10(11)15;3-1(4,5)14(9,10)13-15(11,12)2(6,7)8/h1-5,14H,6H2;. The van der Waals surface area contributed by atoms with Gasteiger partial charge in [0.1, 0.15) is 18.1 Å². The lowest BCUT2D eigenvalue weighted by atomic mass is 9.99. The second-order valence-electron chi connectivity index (χ2n) is 5.03. The number of Topliss-reactive ketones (excluding diaryl/α,β-unsaturated/α-hetero) is 1. The average molecular weight is 487 g/mol. The number of ketones is 1. The fourth-order valence-electron chi connectivity index (χ4n) is 1.62. The maximum Gasteiger partial charge on any atom is 0.524 e. The van der Waals surface area contributed by atoms with Crippen molar-refractivity contribution >= 4 is 37.8 Å². The van der Waals surface area contributed by atoms with Gasteiger partial charge in [-0.25, -0.2) is 4.39 Å². The number of benzene rings is 1. The third-order valence-electron chi connectivity index (χ3n) is 2.86. The topological polar surface area (TPSA) is 127 Å². The maximum atomic E-state index is 12.7. The summed E-state index contributed by atoms with van der Waals surface area (Å²) in [7, 11) is -13.7. The molecule has 0 aromatic heterocycles. The molecule has 30 heavy (non-hydrogen) atoms. The second-order valence-corrected chi connectivity index (χ2v) is 8.31. The van der Waals surface area contributed by atoms with Gasteiger partial charge in [0.15, 0.2) is 5.78 Å². The minimum atomic E-state index is -6.85. The first-order chi connectivity index (χ1) is 13.4. The number of alkyl halides is 6. The van der Waals surface area contributed by atoms with E-state index in [1.165, 1.54) is 30.5 Å². The van der Waals surface area contributed by atoms with Crippen LogP contribution < -0.4 is 0 Å². The van der Waals surface area contributed by atoms with Crippen molar-refractivity contribution < 1.29 is 61.1 Å². The van der Waals surface area contributed by atoms with Gasteiger partial charge in [0, 0.05) is 0 Å². The Morgan fingerprint density at radius 1 is 0.900 bits per heavy atom. The van der Waals surface area contributed by atoms with Gasteiger partial charge in [-0.15, -0.1) is 3.63 Å². The number of halogens is 7. The van der Waals surface area contributed by atoms with E-state index in [4.69, 9.17) is 0 Å². The van der Waals surface area contributed by atoms with Crippen LogP contribution in [0.25, 0.3) is 5.57 Å². The molecular weight excluding hydrogens is 479 g/mol. The molecule has 0 spiro atoms. The summed E-state index contributed by atoms with van der Waals surface area (Å²) in [6, 6.07) is 5.40. The highest BCUT2D eigenvalue weighted by Gasteiger charge is 2.57. The summed E-state index contributed by atoms with van der Waals surface area (Å²) < 4.78 is 123. The number of aliphatic hydroxyl groups excluding tert-OH is 1. The van der Waals surface area contributed by atoms with Crippen molar-refractivity contribution in [1.82, 2.24) is 0 Å². The lowest BCUT2D eigenvalue weighted by Gasteiger charge is -2.10. The molecular formula is C13H8F7NO7S2. The SMILES string of the molecule is O=C1CN=CC(O)=C1c1ccc(F)cc1.O=S(=O)(OS(=O)(=O)C(F)(F)F)C(F)(F)F. The van der Waals surface area contributed by atoms with E-state index in [0.29, 0.717) is 5.56 Å². The molecule has 8 nitrogen and oxygen atoms in total. The van der Waals surface area contributed by atoms with E-state index in [9.17, 15) is 57.5 Å². The van der Waals surface area contributed by atoms with Crippen molar-refractivity contribution in [2.75, 3.05) is 6.54 Å². The first-order valence-corrected chi connectivity index (χ1v) is 9.76. The zero-order valence-electron chi connectivity index (χ0n) is 13.9. The van der Waals surface area contributed by atoms with Crippen LogP contribution in [0.5, 0.6) is 0 Å². The number of hydrogen-bond donors (Lipinski definition) is 1. The molecule has 1 aliphatic heterocycles. The predicted octanol–water partition coefficient (Wildman–Crippen LogP) is 2.45. The summed E-state index contributed by atoms with van der Waals surface area (Å²) in [5, 5.41) is 9.48. The molecule has 0 saturated heterocycles. The molecule has 0 unspecified atom stereocenters. The maximum absolute atomic E-state index is 12.7. The van der Waals surface area contributed by atoms with Crippen molar-refractivity contribution in [2.24, 2.45) is 4.99 Å². The molecule has 0 amide bonds. The van der Waals surface area contributed by atoms with Gasteiger partial charge in [0.25, 0.3) is 0 Å². The number of allylic oxidation sites excluding steroid dienone is 1. The van der Waals surface area contributed by atoms with Crippen LogP contribution in [0.1, 0.15) is 5.56 Å². The fraction of sp³-hybridized carbons (Fsp3) is 0.231. The highest BCUT2D eigenvalue weighted by molar-refractivity contribution is 8.00. The van der Waals surface area contributed by atoms with E-state index in [1.807, 2.05) is 3.63 Å². The Morgan fingerprint density at radius 3 is 1.70 bits per heavy atom. The average Bonchev–Trinajstić information content (AvgIpc) is 2.54. The molecule has 0 saturated carbocycles. The summed E-state index contributed by atoms with van der Waals surface area (Å²) in [5.41, 5.74) is -11.8. The highest BCUT2D eigenvalue weighted by atomic mass is 32.3. The van der Waals surface area contributed by atoms with E-state index >= 15 is 0 Å². The lowest BCUT2D eigenvalue weighted by Crippen LogP contribution is -2.34. The Balaban J connectivity index is 0.000000300. The van der Waals surface area contributed by atoms with Crippen LogP contribution in [0.3, 0.4) is 0 Å². The predicted molar refractivity (Wildman–Crippen MR) is 85.3 cm³/mol. The van der Waals surface area contributed by atoms with Crippen molar-refractivity contribution in [3.63, 3.8) is 0 Å². The number of hydrogen-bond acceptors (Lipinski definition) is 8. The Labute approximate surface area is 163 Å². The van der Waals surface area contributed by atoms with Gasteiger partial charge < -0.3 is 5.11 Å². The Kier molecular flexibility index (Phi) is 7.38. The van der Waals surface area contributed by atoms with Crippen molar-refractivity contribution in [3.8, 4) is 0 Å². The van der Waals surface area contributed by atoms with E-state index < -0.39 is 31.3 Å². The smallest absolute Gasteiger partial charge is 0.506 e. The van der Waals surface area contributed by atoms with Crippen LogP contribution in [0.2, 0.25) is 0 Å². The number of dihydropyridines is 1. The third-order valence-corrected chi connectivity index (χ3v) is 5.43. The van der Waals surface area contributed by atoms with Gasteiger partial charge in [0.05, 0.1) is 11.8 Å². The fourth-order valence-corrected chi connectivity index (χ4v) is 3.18. The van der Waals surface area contributed by atoms with E-state index in [2.05, 4.69) is 4.99 Å². The molecule has 1 aliphatic rings. The van der Waals surface area contributed by atoms with E-state index in [-0.39, 0.29) is 29.5 Å². The van der Waals surface area contributed by atoms with Crippen LogP contribution in [-0.4, -0.2) is 51.5 Å². The third kappa shape index (κ3) is 6.23. The van der Waals surface area contributed by atoms with Gasteiger partial charge in [-0.1, -0.05) is 12.1 Å². The van der Waals surface area contributed by atoms with Crippen LogP contribution in [-0.2, 0) is 28.7 Å². The quantitative estimate of drug-likeness (QED) is 0.513. The summed E-state index contributed by atoms with van der Waals surface area (Å²) in [4.78, 5) is 15.1. The molecule has 0 aliphatic carbocycles.